The molecule has 29 heavy (non-hydrogen) atoms. The van der Waals surface area contributed by atoms with Crippen molar-refractivity contribution in [1.29, 1.82) is 0 Å². The maximum atomic E-state index is 12.8. The van der Waals surface area contributed by atoms with Crippen LogP contribution in [0.1, 0.15) is 11.1 Å². The van der Waals surface area contributed by atoms with Gasteiger partial charge in [-0.2, -0.15) is 13.2 Å². The van der Waals surface area contributed by atoms with Crippen LogP contribution in [0.5, 0.6) is 0 Å². The van der Waals surface area contributed by atoms with Crippen LogP contribution >= 0.6 is 0 Å². The van der Waals surface area contributed by atoms with Crippen molar-refractivity contribution < 1.29 is 22.9 Å². The van der Waals surface area contributed by atoms with Gasteiger partial charge >= 0.3 is 12.2 Å². The third-order valence-corrected chi connectivity index (χ3v) is 4.57. The average molecular weight is 409 g/mol. The summed E-state index contributed by atoms with van der Waals surface area (Å²) in [5.41, 5.74) is -0.714. The van der Waals surface area contributed by atoms with E-state index in [0.29, 0.717) is 12.6 Å². The smallest absolute Gasteiger partial charge is 0.362 e. The highest BCUT2D eigenvalue weighted by Crippen LogP contribution is 2.36. The van der Waals surface area contributed by atoms with Crippen molar-refractivity contribution in [2.75, 3.05) is 31.1 Å². The zero-order chi connectivity index (χ0) is 21.0. The molecule has 154 valence electrons. The van der Waals surface area contributed by atoms with E-state index in [0.717, 1.165) is 17.7 Å². The fourth-order valence-electron chi connectivity index (χ4n) is 3.06. The van der Waals surface area contributed by atoms with Crippen molar-refractivity contribution in [3.63, 3.8) is 0 Å². The molecule has 1 aliphatic heterocycles. The number of nitrogens with one attached hydrogen (secondary N) is 1. The molecule has 1 N–H and O–H groups in total. The Labute approximate surface area is 164 Å². The highest BCUT2D eigenvalue weighted by atomic mass is 19.4. The fraction of sp³-hybridized carbons (Fsp3) is 0.333. The first kappa shape index (κ1) is 20.4. The monoisotopic (exact) mass is 409 g/mol. The number of alkyl halides is 3. The molecule has 0 aliphatic carbocycles. The van der Waals surface area contributed by atoms with Gasteiger partial charge in [0.2, 0.25) is 0 Å². The van der Waals surface area contributed by atoms with Crippen molar-refractivity contribution in [2.45, 2.75) is 12.7 Å². The molecule has 11 heteroatoms. The number of benzene rings is 1. The summed E-state index contributed by atoms with van der Waals surface area (Å²) in [4.78, 5) is 29.9. The average Bonchev–Trinajstić information content (AvgIpc) is 2.71. The first-order valence-corrected chi connectivity index (χ1v) is 8.78. The SMILES string of the molecule is O=C(NCc1cccnc1)N1CCN(c2ccc(C(F)(F)F)cc2[N+](=O)[O-])CC1. The highest BCUT2D eigenvalue weighted by Gasteiger charge is 2.34. The molecule has 0 saturated carbocycles. The van der Waals surface area contributed by atoms with E-state index >= 15 is 0 Å². The molecule has 0 atom stereocenters. The number of pyridine rings is 1. The summed E-state index contributed by atoms with van der Waals surface area (Å²) in [6, 6.07) is 5.79. The number of nitro groups is 1. The molecule has 1 fully saturated rings. The molecule has 1 aromatic heterocycles. The van der Waals surface area contributed by atoms with Crippen LogP contribution in [-0.4, -0.2) is 47.0 Å². The molecular weight excluding hydrogens is 391 g/mol. The molecule has 1 aliphatic rings. The van der Waals surface area contributed by atoms with Crippen molar-refractivity contribution in [2.24, 2.45) is 0 Å². The van der Waals surface area contributed by atoms with Crippen molar-refractivity contribution in [3.05, 3.63) is 64.0 Å². The maximum absolute atomic E-state index is 12.8. The Balaban J connectivity index is 1.63. The van der Waals surface area contributed by atoms with Crippen LogP contribution in [0.3, 0.4) is 0 Å². The largest absolute Gasteiger partial charge is 0.416 e. The normalized spacial score (nSPS) is 14.6. The Morgan fingerprint density at radius 2 is 1.93 bits per heavy atom. The zero-order valence-corrected chi connectivity index (χ0v) is 15.2. The van der Waals surface area contributed by atoms with E-state index in [-0.39, 0.29) is 37.9 Å². The summed E-state index contributed by atoms with van der Waals surface area (Å²) in [6.45, 7) is 1.43. The standard InChI is InChI=1S/C18H18F3N5O3/c19-18(20,21)14-3-4-15(16(10-14)26(28)29)24-6-8-25(9-7-24)17(27)23-12-13-2-1-5-22-11-13/h1-5,10-11H,6-9,12H2,(H,23,27). The Morgan fingerprint density at radius 3 is 2.52 bits per heavy atom. The lowest BCUT2D eigenvalue weighted by molar-refractivity contribution is -0.384. The number of rotatable bonds is 4. The van der Waals surface area contributed by atoms with E-state index in [2.05, 4.69) is 10.3 Å². The molecule has 2 heterocycles. The second-order valence-corrected chi connectivity index (χ2v) is 6.45. The molecule has 1 aromatic carbocycles. The number of nitrogens with zero attached hydrogens (tertiary/aromatic N) is 4. The summed E-state index contributed by atoms with van der Waals surface area (Å²) in [5.74, 6) is 0. The Morgan fingerprint density at radius 1 is 1.21 bits per heavy atom. The third-order valence-electron chi connectivity index (χ3n) is 4.57. The minimum absolute atomic E-state index is 0.110. The van der Waals surface area contributed by atoms with Crippen molar-refractivity contribution in [1.82, 2.24) is 15.2 Å². The molecule has 0 unspecified atom stereocenters. The van der Waals surface area contributed by atoms with E-state index in [9.17, 15) is 28.1 Å². The lowest BCUT2D eigenvalue weighted by Crippen LogP contribution is -2.51. The minimum Gasteiger partial charge on any atom is -0.362 e. The molecule has 2 amide bonds. The number of amides is 2. The van der Waals surface area contributed by atoms with Crippen molar-refractivity contribution in [3.8, 4) is 0 Å². The van der Waals surface area contributed by atoms with Crippen LogP contribution in [0.15, 0.2) is 42.7 Å². The zero-order valence-electron chi connectivity index (χ0n) is 15.2. The molecule has 1 saturated heterocycles. The number of anilines is 1. The fourth-order valence-corrected chi connectivity index (χ4v) is 3.06. The van der Waals surface area contributed by atoms with Crippen LogP contribution in [0.2, 0.25) is 0 Å². The topological polar surface area (TPSA) is 91.6 Å². The van der Waals surface area contributed by atoms with E-state index < -0.39 is 22.4 Å². The van der Waals surface area contributed by atoms with Crippen LogP contribution in [0.25, 0.3) is 0 Å². The number of carbonyl (C=O) groups excluding carboxylic acids is 1. The van der Waals surface area contributed by atoms with Crippen LogP contribution < -0.4 is 10.2 Å². The van der Waals surface area contributed by atoms with Gasteiger partial charge in [0.05, 0.1) is 10.5 Å². The second-order valence-electron chi connectivity index (χ2n) is 6.45. The molecule has 0 bridgehead atoms. The lowest BCUT2D eigenvalue weighted by Gasteiger charge is -2.35. The Bertz CT molecular complexity index is 884. The van der Waals surface area contributed by atoms with Gasteiger partial charge in [0.1, 0.15) is 5.69 Å². The van der Waals surface area contributed by atoms with Crippen LogP contribution in [-0.2, 0) is 12.7 Å². The van der Waals surface area contributed by atoms with Gasteiger partial charge in [0.15, 0.2) is 0 Å². The van der Waals surface area contributed by atoms with Crippen LogP contribution in [0, 0.1) is 10.1 Å². The van der Waals surface area contributed by atoms with Gasteiger partial charge in [-0.25, -0.2) is 4.79 Å². The number of urea groups is 1. The van der Waals surface area contributed by atoms with E-state index in [1.54, 1.807) is 28.3 Å². The van der Waals surface area contributed by atoms with Crippen LogP contribution in [0.4, 0.5) is 29.3 Å². The molecule has 2 aromatic rings. The predicted octanol–water partition coefficient (Wildman–Crippen LogP) is 3.04. The minimum atomic E-state index is -4.66. The number of halogens is 3. The number of carbonyl (C=O) groups is 1. The first-order valence-electron chi connectivity index (χ1n) is 8.78. The number of nitro benzene ring substituents is 1. The van der Waals surface area contributed by atoms with Gasteiger partial charge in [-0.15, -0.1) is 0 Å². The van der Waals surface area contributed by atoms with E-state index in [1.165, 1.54) is 0 Å². The van der Waals surface area contributed by atoms with Gasteiger partial charge in [-0.05, 0) is 23.8 Å². The number of hydrogen-bond donors (Lipinski definition) is 1. The van der Waals surface area contributed by atoms with Gasteiger partial charge in [-0.1, -0.05) is 6.07 Å². The molecule has 8 nitrogen and oxygen atoms in total. The van der Waals surface area contributed by atoms with Gasteiger partial charge in [0, 0.05) is 51.2 Å². The van der Waals surface area contributed by atoms with Gasteiger partial charge in [-0.3, -0.25) is 15.1 Å². The number of aromatic nitrogens is 1. The van der Waals surface area contributed by atoms with E-state index in [4.69, 9.17) is 0 Å². The number of hydrogen-bond acceptors (Lipinski definition) is 5. The quantitative estimate of drug-likeness (QED) is 0.619. The second kappa shape index (κ2) is 8.33. The highest BCUT2D eigenvalue weighted by molar-refractivity contribution is 5.75. The van der Waals surface area contributed by atoms with Gasteiger partial charge < -0.3 is 15.1 Å². The summed E-state index contributed by atoms with van der Waals surface area (Å²) >= 11 is 0. The Hall–Kier alpha value is -3.37. The van der Waals surface area contributed by atoms with E-state index in [1.807, 2.05) is 6.07 Å². The Kier molecular flexibility index (Phi) is 5.85. The summed E-state index contributed by atoms with van der Waals surface area (Å²) in [7, 11) is 0. The molecular formula is C18H18F3N5O3. The lowest BCUT2D eigenvalue weighted by atomic mass is 10.1. The van der Waals surface area contributed by atoms with Crippen molar-refractivity contribution >= 4 is 17.4 Å². The van der Waals surface area contributed by atoms with Gasteiger partial charge in [0.25, 0.3) is 5.69 Å². The maximum Gasteiger partial charge on any atom is 0.416 e. The third kappa shape index (κ3) is 4.92. The number of piperazine rings is 1. The molecule has 3 rings (SSSR count). The predicted molar refractivity (Wildman–Crippen MR) is 98.4 cm³/mol. The summed E-state index contributed by atoms with van der Waals surface area (Å²) < 4.78 is 38.5. The molecule has 0 radical (unpaired) electrons. The summed E-state index contributed by atoms with van der Waals surface area (Å²) in [5, 5.41) is 14.0. The molecule has 0 spiro atoms. The first-order chi connectivity index (χ1) is 13.8. The summed E-state index contributed by atoms with van der Waals surface area (Å²) in [6.07, 6.45) is -1.39.